The van der Waals surface area contributed by atoms with Crippen molar-refractivity contribution in [3.8, 4) is 11.5 Å². The number of anilines is 2. The topological polar surface area (TPSA) is 57.5 Å². The fraction of sp³-hybridized carbons (Fsp3) is 0.409. The van der Waals surface area contributed by atoms with Crippen LogP contribution in [0.25, 0.3) is 11.0 Å². The third kappa shape index (κ3) is 3.40. The molecule has 6 nitrogen and oxygen atoms in total. The molecule has 1 N–H and O–H groups in total. The lowest BCUT2D eigenvalue weighted by Crippen LogP contribution is -2.23. The molecule has 3 aromatic rings. The Hall–Kier alpha value is -2.80. The van der Waals surface area contributed by atoms with Crippen molar-refractivity contribution in [2.75, 3.05) is 31.8 Å². The van der Waals surface area contributed by atoms with E-state index >= 15 is 0 Å². The molecule has 0 radical (unpaired) electrons. The molecule has 0 fully saturated rings. The Labute approximate surface area is 168 Å². The van der Waals surface area contributed by atoms with Crippen molar-refractivity contribution in [3.05, 3.63) is 41.6 Å². The standard InChI is InChI=1S/C22H24FN3O3/c1-26-18-5-3-15(27-9-8-23)13-17(18)16-4-7-21(25-22(16)26)24-14-2-6-19-20(12-14)29-11-10-28-19/h2,4,6-7,12,15H,3,5,8-11,13H2,1H3,(H,24,25). The maximum Gasteiger partial charge on any atom is 0.163 e. The molecule has 0 saturated heterocycles. The first-order valence-electron chi connectivity index (χ1n) is 10.0. The number of nitrogens with zero attached hydrogens (tertiary/aromatic N) is 2. The van der Waals surface area contributed by atoms with E-state index in [9.17, 15) is 4.39 Å². The second-order valence-corrected chi connectivity index (χ2v) is 7.46. The zero-order valence-electron chi connectivity index (χ0n) is 16.4. The third-order valence-electron chi connectivity index (χ3n) is 5.65. The fourth-order valence-corrected chi connectivity index (χ4v) is 4.29. The van der Waals surface area contributed by atoms with E-state index in [0.29, 0.717) is 13.2 Å². The molecule has 29 heavy (non-hydrogen) atoms. The first-order valence-corrected chi connectivity index (χ1v) is 10.0. The summed E-state index contributed by atoms with van der Waals surface area (Å²) >= 11 is 0. The van der Waals surface area contributed by atoms with Crippen LogP contribution in [0.1, 0.15) is 17.7 Å². The maximum absolute atomic E-state index is 12.5. The van der Waals surface area contributed by atoms with Gasteiger partial charge >= 0.3 is 0 Å². The number of fused-ring (bicyclic) bond motifs is 4. The highest BCUT2D eigenvalue weighted by Gasteiger charge is 2.25. The molecule has 3 heterocycles. The van der Waals surface area contributed by atoms with Crippen LogP contribution >= 0.6 is 0 Å². The molecule has 1 aromatic carbocycles. The number of alkyl halides is 1. The lowest BCUT2D eigenvalue weighted by Gasteiger charge is -2.23. The van der Waals surface area contributed by atoms with Crippen molar-refractivity contribution in [1.29, 1.82) is 0 Å². The number of rotatable bonds is 5. The second-order valence-electron chi connectivity index (χ2n) is 7.46. The van der Waals surface area contributed by atoms with Gasteiger partial charge in [0.25, 0.3) is 0 Å². The van der Waals surface area contributed by atoms with Crippen molar-refractivity contribution in [3.63, 3.8) is 0 Å². The number of benzene rings is 1. The van der Waals surface area contributed by atoms with Gasteiger partial charge in [-0.15, -0.1) is 0 Å². The molecule has 2 aliphatic rings. The average Bonchev–Trinajstić information content (AvgIpc) is 3.03. The lowest BCUT2D eigenvalue weighted by molar-refractivity contribution is 0.0358. The van der Waals surface area contributed by atoms with E-state index in [1.165, 1.54) is 11.3 Å². The van der Waals surface area contributed by atoms with Crippen molar-refractivity contribution in [2.24, 2.45) is 7.05 Å². The van der Waals surface area contributed by atoms with Gasteiger partial charge in [-0.2, -0.15) is 0 Å². The van der Waals surface area contributed by atoms with Gasteiger partial charge in [-0.1, -0.05) is 0 Å². The number of halogens is 1. The normalized spacial score (nSPS) is 17.9. The van der Waals surface area contributed by atoms with E-state index in [-0.39, 0.29) is 12.7 Å². The minimum Gasteiger partial charge on any atom is -0.486 e. The zero-order valence-corrected chi connectivity index (χ0v) is 16.4. The smallest absolute Gasteiger partial charge is 0.163 e. The average molecular weight is 397 g/mol. The summed E-state index contributed by atoms with van der Waals surface area (Å²) in [6, 6.07) is 9.91. The molecule has 0 bridgehead atoms. The van der Waals surface area contributed by atoms with E-state index in [4.69, 9.17) is 19.2 Å². The van der Waals surface area contributed by atoms with Crippen LogP contribution < -0.4 is 14.8 Å². The predicted molar refractivity (Wildman–Crippen MR) is 109 cm³/mol. The molecule has 152 valence electrons. The van der Waals surface area contributed by atoms with Gasteiger partial charge in [0.1, 0.15) is 31.4 Å². The molecule has 1 aliphatic carbocycles. The first-order chi connectivity index (χ1) is 14.2. The second kappa shape index (κ2) is 7.55. The number of pyridine rings is 1. The van der Waals surface area contributed by atoms with Crippen LogP contribution in [0.5, 0.6) is 11.5 Å². The molecule has 1 unspecified atom stereocenters. The van der Waals surface area contributed by atoms with Gasteiger partial charge < -0.3 is 24.1 Å². The predicted octanol–water partition coefficient (Wildman–Crippen LogP) is 3.93. The molecule has 0 amide bonds. The van der Waals surface area contributed by atoms with Crippen molar-refractivity contribution in [1.82, 2.24) is 9.55 Å². The number of ether oxygens (including phenoxy) is 3. The number of aromatic nitrogens is 2. The van der Waals surface area contributed by atoms with Crippen LogP contribution in [-0.4, -0.2) is 42.2 Å². The Morgan fingerprint density at radius 1 is 1.21 bits per heavy atom. The van der Waals surface area contributed by atoms with Crippen LogP contribution in [0.2, 0.25) is 0 Å². The molecule has 2 aromatic heterocycles. The van der Waals surface area contributed by atoms with Crippen molar-refractivity contribution >= 4 is 22.5 Å². The SMILES string of the molecule is Cn1c2c(c3ccc(Nc4ccc5c(c4)OCCO5)nc31)CC(OCCF)CC2. The molecule has 0 saturated carbocycles. The van der Waals surface area contributed by atoms with Crippen molar-refractivity contribution < 1.29 is 18.6 Å². The van der Waals surface area contributed by atoms with Crippen LogP contribution in [-0.2, 0) is 24.6 Å². The van der Waals surface area contributed by atoms with Crippen LogP contribution in [0.4, 0.5) is 15.9 Å². The summed E-state index contributed by atoms with van der Waals surface area (Å²) in [5.41, 5.74) is 4.42. The van der Waals surface area contributed by atoms with Gasteiger partial charge in [0, 0.05) is 36.3 Å². The van der Waals surface area contributed by atoms with E-state index < -0.39 is 6.67 Å². The Morgan fingerprint density at radius 2 is 2.07 bits per heavy atom. The first kappa shape index (κ1) is 18.2. The van der Waals surface area contributed by atoms with E-state index in [1.54, 1.807) is 0 Å². The molecule has 1 atom stereocenters. The van der Waals surface area contributed by atoms with Gasteiger partial charge in [0.15, 0.2) is 11.5 Å². The van der Waals surface area contributed by atoms with Crippen LogP contribution in [0.15, 0.2) is 30.3 Å². The van der Waals surface area contributed by atoms with Gasteiger partial charge in [-0.05, 0) is 42.7 Å². The van der Waals surface area contributed by atoms with Crippen LogP contribution in [0, 0.1) is 0 Å². The summed E-state index contributed by atoms with van der Waals surface area (Å²) < 4.78 is 31.5. The Bertz CT molecular complexity index is 1050. The summed E-state index contributed by atoms with van der Waals surface area (Å²) in [5, 5.41) is 4.51. The Balaban J connectivity index is 1.42. The van der Waals surface area contributed by atoms with E-state index in [2.05, 4.69) is 23.0 Å². The van der Waals surface area contributed by atoms with Gasteiger partial charge in [-0.25, -0.2) is 9.37 Å². The quantitative estimate of drug-likeness (QED) is 0.707. The summed E-state index contributed by atoms with van der Waals surface area (Å²) in [7, 11) is 2.06. The number of hydrogen-bond donors (Lipinski definition) is 1. The molecule has 5 rings (SSSR count). The molecular formula is C22H24FN3O3. The highest BCUT2D eigenvalue weighted by molar-refractivity contribution is 5.84. The summed E-state index contributed by atoms with van der Waals surface area (Å²) in [6.07, 6.45) is 2.73. The van der Waals surface area contributed by atoms with E-state index in [0.717, 1.165) is 53.3 Å². The molecule has 7 heteroatoms. The van der Waals surface area contributed by atoms with Crippen LogP contribution in [0.3, 0.4) is 0 Å². The van der Waals surface area contributed by atoms with Gasteiger partial charge in [0.05, 0.1) is 12.7 Å². The zero-order chi connectivity index (χ0) is 19.8. The molecule has 1 aliphatic heterocycles. The number of aryl methyl sites for hydroxylation is 1. The van der Waals surface area contributed by atoms with Gasteiger partial charge in [0.2, 0.25) is 0 Å². The highest BCUT2D eigenvalue weighted by Crippen LogP contribution is 2.35. The molecule has 0 spiro atoms. The largest absolute Gasteiger partial charge is 0.486 e. The monoisotopic (exact) mass is 397 g/mol. The number of nitrogens with one attached hydrogen (secondary N) is 1. The molecular weight excluding hydrogens is 373 g/mol. The maximum atomic E-state index is 12.5. The lowest BCUT2D eigenvalue weighted by atomic mass is 9.93. The summed E-state index contributed by atoms with van der Waals surface area (Å²) in [4.78, 5) is 4.85. The Morgan fingerprint density at radius 3 is 2.93 bits per heavy atom. The highest BCUT2D eigenvalue weighted by atomic mass is 19.1. The van der Waals surface area contributed by atoms with Crippen molar-refractivity contribution in [2.45, 2.75) is 25.4 Å². The van der Waals surface area contributed by atoms with Gasteiger partial charge in [-0.3, -0.25) is 0 Å². The summed E-state index contributed by atoms with van der Waals surface area (Å²) in [6.45, 7) is 0.878. The minimum absolute atomic E-state index is 0.0827. The summed E-state index contributed by atoms with van der Waals surface area (Å²) in [5.74, 6) is 2.29. The Kier molecular flexibility index (Phi) is 4.75. The number of hydrogen-bond acceptors (Lipinski definition) is 5. The van der Waals surface area contributed by atoms with E-state index in [1.807, 2.05) is 24.3 Å². The third-order valence-corrected chi connectivity index (χ3v) is 5.65. The fourth-order valence-electron chi connectivity index (χ4n) is 4.29. The minimum atomic E-state index is -0.435.